The van der Waals surface area contributed by atoms with Gasteiger partial charge in [-0.1, -0.05) is 31.5 Å². The van der Waals surface area contributed by atoms with Gasteiger partial charge in [-0.05, 0) is 44.1 Å². The molecular weight excluding hydrogens is 276 g/mol. The van der Waals surface area contributed by atoms with Gasteiger partial charge in [0.1, 0.15) is 5.75 Å². The molecule has 2 fully saturated rings. The predicted molar refractivity (Wildman–Crippen MR) is 86.9 cm³/mol. The molecule has 0 aliphatic heterocycles. The van der Waals surface area contributed by atoms with Crippen molar-refractivity contribution in [1.29, 1.82) is 0 Å². The lowest BCUT2D eigenvalue weighted by molar-refractivity contribution is 0.119. The van der Waals surface area contributed by atoms with Crippen LogP contribution in [0.4, 0.5) is 4.79 Å². The van der Waals surface area contributed by atoms with E-state index < -0.39 is 0 Å². The molecule has 0 radical (unpaired) electrons. The fourth-order valence-electron chi connectivity index (χ4n) is 3.19. The highest BCUT2D eigenvalue weighted by atomic mass is 16.5. The van der Waals surface area contributed by atoms with Gasteiger partial charge < -0.3 is 15.4 Å². The average Bonchev–Trinajstić information content (AvgIpc) is 2.87. The highest BCUT2D eigenvalue weighted by molar-refractivity contribution is 5.74. The molecule has 4 heteroatoms. The Hall–Kier alpha value is -1.71. The third kappa shape index (κ3) is 3.73. The number of urea groups is 1. The molecule has 2 N–H and O–H groups in total. The highest BCUT2D eigenvalue weighted by Gasteiger charge is 2.24. The lowest BCUT2D eigenvalue weighted by atomic mass is 9.96. The van der Waals surface area contributed by atoms with Crippen LogP contribution in [0.25, 0.3) is 0 Å². The maximum absolute atomic E-state index is 12.1. The van der Waals surface area contributed by atoms with Gasteiger partial charge in [0.05, 0.1) is 6.10 Å². The number of hydrogen-bond donors (Lipinski definition) is 2. The first-order valence-corrected chi connectivity index (χ1v) is 8.51. The van der Waals surface area contributed by atoms with Gasteiger partial charge in [-0.25, -0.2) is 4.79 Å². The van der Waals surface area contributed by atoms with Crippen molar-refractivity contribution in [2.75, 3.05) is 0 Å². The van der Waals surface area contributed by atoms with Gasteiger partial charge >= 0.3 is 6.03 Å². The van der Waals surface area contributed by atoms with Crippen molar-refractivity contribution < 1.29 is 9.53 Å². The van der Waals surface area contributed by atoms with E-state index in [4.69, 9.17) is 4.74 Å². The maximum Gasteiger partial charge on any atom is 0.315 e. The molecule has 0 bridgehead atoms. The number of benzene rings is 1. The van der Waals surface area contributed by atoms with Crippen molar-refractivity contribution in [2.45, 2.75) is 64.1 Å². The Morgan fingerprint density at radius 2 is 1.95 bits per heavy atom. The molecule has 2 unspecified atom stereocenters. The van der Waals surface area contributed by atoms with Gasteiger partial charge in [0.25, 0.3) is 0 Å². The number of carbonyl (C=O) groups is 1. The van der Waals surface area contributed by atoms with Crippen LogP contribution in [0.2, 0.25) is 0 Å². The van der Waals surface area contributed by atoms with Crippen molar-refractivity contribution in [3.63, 3.8) is 0 Å². The van der Waals surface area contributed by atoms with Crippen LogP contribution >= 0.6 is 0 Å². The zero-order valence-electron chi connectivity index (χ0n) is 13.3. The Kier molecular flexibility index (Phi) is 4.86. The van der Waals surface area contributed by atoms with Gasteiger partial charge in [0, 0.05) is 18.2 Å². The van der Waals surface area contributed by atoms with Gasteiger partial charge in [-0.3, -0.25) is 0 Å². The Bertz CT molecular complexity index is 514. The summed E-state index contributed by atoms with van der Waals surface area (Å²) in [5.41, 5.74) is 1.05. The zero-order chi connectivity index (χ0) is 15.4. The molecule has 0 aromatic heterocycles. The molecule has 1 aromatic carbocycles. The van der Waals surface area contributed by atoms with Crippen LogP contribution < -0.4 is 15.4 Å². The third-order valence-electron chi connectivity index (χ3n) is 4.94. The molecule has 22 heavy (non-hydrogen) atoms. The lowest BCUT2D eigenvalue weighted by Gasteiger charge is -2.27. The minimum Gasteiger partial charge on any atom is -0.490 e. The number of ether oxygens (including phenoxy) is 1. The largest absolute Gasteiger partial charge is 0.490 e. The normalized spacial score (nSPS) is 24.6. The van der Waals surface area contributed by atoms with Gasteiger partial charge in [-0.15, -0.1) is 0 Å². The molecule has 2 saturated carbocycles. The summed E-state index contributed by atoms with van der Waals surface area (Å²) in [4.78, 5) is 12.1. The monoisotopic (exact) mass is 302 g/mol. The summed E-state index contributed by atoms with van der Waals surface area (Å²) in [6, 6.07) is 8.23. The topological polar surface area (TPSA) is 50.4 Å². The van der Waals surface area contributed by atoms with E-state index in [-0.39, 0.29) is 6.03 Å². The molecule has 4 nitrogen and oxygen atoms in total. The van der Waals surface area contributed by atoms with E-state index in [1.807, 2.05) is 24.3 Å². The molecule has 3 rings (SSSR count). The first-order chi connectivity index (χ1) is 10.7. The fourth-order valence-corrected chi connectivity index (χ4v) is 3.19. The fraction of sp³-hybridized carbons (Fsp3) is 0.611. The number of rotatable bonds is 5. The summed E-state index contributed by atoms with van der Waals surface area (Å²) >= 11 is 0. The first kappa shape index (κ1) is 15.2. The number of para-hydroxylation sites is 1. The molecule has 120 valence electrons. The van der Waals surface area contributed by atoms with Crippen LogP contribution in [0.5, 0.6) is 5.75 Å². The molecule has 2 aliphatic carbocycles. The number of amides is 2. The summed E-state index contributed by atoms with van der Waals surface area (Å²) in [6.45, 7) is 2.72. The summed E-state index contributed by atoms with van der Waals surface area (Å²) in [5.74, 6) is 1.49. The smallest absolute Gasteiger partial charge is 0.315 e. The molecular formula is C18H26N2O2. The van der Waals surface area contributed by atoms with Crippen LogP contribution in [-0.4, -0.2) is 18.2 Å². The minimum absolute atomic E-state index is 0.0720. The molecule has 1 aromatic rings. The number of nitrogens with one attached hydrogen (secondary N) is 2. The standard InChI is InChI=1S/C18H26N2O2/c1-13-6-4-10-16(13)20-18(21)19-12-14-7-2-3-11-17(14)22-15-8-5-9-15/h2-3,7,11,13,15-16H,4-6,8-10,12H2,1H3,(H2,19,20,21). The summed E-state index contributed by atoms with van der Waals surface area (Å²) in [5, 5.41) is 6.06. The van der Waals surface area contributed by atoms with E-state index >= 15 is 0 Å². The molecule has 0 saturated heterocycles. The van der Waals surface area contributed by atoms with Crippen LogP contribution in [0.3, 0.4) is 0 Å². The molecule has 2 aliphatic rings. The molecule has 0 spiro atoms. The quantitative estimate of drug-likeness (QED) is 0.873. The van der Waals surface area contributed by atoms with Crippen LogP contribution in [0.1, 0.15) is 51.0 Å². The van der Waals surface area contributed by atoms with Crippen molar-refractivity contribution in [3.8, 4) is 5.75 Å². The van der Waals surface area contributed by atoms with Crippen molar-refractivity contribution >= 4 is 6.03 Å². The second-order valence-electron chi connectivity index (χ2n) is 6.62. The van der Waals surface area contributed by atoms with E-state index in [0.29, 0.717) is 24.6 Å². The summed E-state index contributed by atoms with van der Waals surface area (Å²) in [7, 11) is 0. The van der Waals surface area contributed by atoms with Gasteiger partial charge in [-0.2, -0.15) is 0 Å². The number of carbonyl (C=O) groups excluding carboxylic acids is 1. The summed E-state index contributed by atoms with van der Waals surface area (Å²) < 4.78 is 5.99. The van der Waals surface area contributed by atoms with E-state index in [1.165, 1.54) is 19.3 Å². The maximum atomic E-state index is 12.1. The highest BCUT2D eigenvalue weighted by Crippen LogP contribution is 2.27. The zero-order valence-corrected chi connectivity index (χ0v) is 13.3. The van der Waals surface area contributed by atoms with E-state index in [1.54, 1.807) is 0 Å². The van der Waals surface area contributed by atoms with Crippen molar-refractivity contribution in [1.82, 2.24) is 10.6 Å². The third-order valence-corrected chi connectivity index (χ3v) is 4.94. The van der Waals surface area contributed by atoms with Crippen molar-refractivity contribution in [2.24, 2.45) is 5.92 Å². The molecule has 0 heterocycles. The Balaban J connectivity index is 1.51. The Labute approximate surface area is 132 Å². The lowest BCUT2D eigenvalue weighted by Crippen LogP contribution is -2.42. The van der Waals surface area contributed by atoms with Crippen molar-refractivity contribution in [3.05, 3.63) is 29.8 Å². The van der Waals surface area contributed by atoms with Crippen LogP contribution in [0.15, 0.2) is 24.3 Å². The average molecular weight is 302 g/mol. The first-order valence-electron chi connectivity index (χ1n) is 8.51. The number of hydrogen-bond acceptors (Lipinski definition) is 2. The van der Waals surface area contributed by atoms with Gasteiger partial charge in [0.15, 0.2) is 0 Å². The molecule has 2 atom stereocenters. The van der Waals surface area contributed by atoms with Gasteiger partial charge in [0.2, 0.25) is 0 Å². The second kappa shape index (κ2) is 7.03. The van der Waals surface area contributed by atoms with Crippen LogP contribution in [-0.2, 0) is 6.54 Å². The summed E-state index contributed by atoms with van der Waals surface area (Å²) in [6.07, 6.45) is 7.41. The minimum atomic E-state index is -0.0720. The van der Waals surface area contributed by atoms with E-state index in [9.17, 15) is 4.79 Å². The molecule has 2 amide bonds. The van der Waals surface area contributed by atoms with E-state index in [0.717, 1.165) is 30.6 Å². The Morgan fingerprint density at radius 1 is 1.18 bits per heavy atom. The SMILES string of the molecule is CC1CCCC1NC(=O)NCc1ccccc1OC1CCC1. The van der Waals surface area contributed by atoms with E-state index in [2.05, 4.69) is 17.6 Å². The Morgan fingerprint density at radius 3 is 2.64 bits per heavy atom. The second-order valence-corrected chi connectivity index (χ2v) is 6.62. The predicted octanol–water partition coefficient (Wildman–Crippen LogP) is 3.61. The van der Waals surface area contributed by atoms with Crippen LogP contribution in [0, 0.1) is 5.92 Å².